The highest BCUT2D eigenvalue weighted by molar-refractivity contribution is 7.91. The van der Waals surface area contributed by atoms with Gasteiger partial charge in [-0.15, -0.1) is 11.3 Å². The molecule has 120 valence electrons. The zero-order valence-electron chi connectivity index (χ0n) is 12.6. The number of aryl methyl sites for hydroxylation is 1. The van der Waals surface area contributed by atoms with E-state index in [-0.39, 0.29) is 5.41 Å². The molecule has 0 aliphatic carbocycles. The Morgan fingerprint density at radius 2 is 2.10 bits per heavy atom. The Kier molecular flexibility index (Phi) is 5.79. The van der Waals surface area contributed by atoms with Crippen LogP contribution in [0.2, 0.25) is 0 Å². The van der Waals surface area contributed by atoms with Crippen LogP contribution < -0.4 is 10.0 Å². The molecule has 1 aliphatic rings. The van der Waals surface area contributed by atoms with Crippen molar-refractivity contribution in [2.75, 3.05) is 33.4 Å². The molecule has 1 aromatic rings. The number of hydrogen-bond acceptors (Lipinski definition) is 5. The molecule has 0 radical (unpaired) electrons. The van der Waals surface area contributed by atoms with Crippen LogP contribution in [0.1, 0.15) is 24.6 Å². The summed E-state index contributed by atoms with van der Waals surface area (Å²) in [5, 5.41) is 3.31. The van der Waals surface area contributed by atoms with Gasteiger partial charge in [0.05, 0.1) is 6.61 Å². The molecule has 2 N–H and O–H groups in total. The molecular formula is C14H24N2O3S2. The molecule has 0 amide bonds. The lowest BCUT2D eigenvalue weighted by Crippen LogP contribution is -2.47. The first kappa shape index (κ1) is 16.9. The first-order chi connectivity index (χ1) is 10.0. The summed E-state index contributed by atoms with van der Waals surface area (Å²) in [6.45, 7) is 4.86. The van der Waals surface area contributed by atoms with Crippen molar-refractivity contribution in [3.63, 3.8) is 0 Å². The van der Waals surface area contributed by atoms with E-state index >= 15 is 0 Å². The first-order valence-corrected chi connectivity index (χ1v) is 9.59. The van der Waals surface area contributed by atoms with E-state index in [1.165, 1.54) is 11.3 Å². The maximum Gasteiger partial charge on any atom is 0.250 e. The Balaban J connectivity index is 2.05. The Morgan fingerprint density at radius 3 is 2.67 bits per heavy atom. The predicted molar refractivity (Wildman–Crippen MR) is 85.3 cm³/mol. The molecule has 0 unspecified atom stereocenters. The van der Waals surface area contributed by atoms with Crippen LogP contribution in [0.3, 0.4) is 0 Å². The second kappa shape index (κ2) is 7.19. The number of rotatable bonds is 7. The molecule has 5 nitrogen and oxygen atoms in total. The minimum Gasteiger partial charge on any atom is -0.384 e. The minimum atomic E-state index is -3.41. The van der Waals surface area contributed by atoms with Gasteiger partial charge in [0, 0.05) is 23.9 Å². The fraction of sp³-hybridized carbons (Fsp3) is 0.714. The van der Waals surface area contributed by atoms with Gasteiger partial charge in [0.2, 0.25) is 10.0 Å². The zero-order chi connectivity index (χ0) is 15.3. The lowest BCUT2D eigenvalue weighted by molar-refractivity contribution is 0.0577. The highest BCUT2D eigenvalue weighted by atomic mass is 32.2. The third-order valence-corrected chi connectivity index (χ3v) is 7.12. The summed E-state index contributed by atoms with van der Waals surface area (Å²) in [6, 6.07) is 3.58. The fourth-order valence-electron chi connectivity index (χ4n) is 2.65. The van der Waals surface area contributed by atoms with Crippen LogP contribution in [0.5, 0.6) is 0 Å². The van der Waals surface area contributed by atoms with Crippen LogP contribution in [0, 0.1) is 5.41 Å². The standard InChI is InChI=1S/C14H24N2O3S2/c1-3-12-4-5-13(20-12)21(17,18)16-10-14(11-19-2)6-8-15-9-7-14/h4-5,15-16H,3,6-11H2,1-2H3. The SMILES string of the molecule is CCc1ccc(S(=O)(=O)NCC2(COC)CCNCC2)s1. The van der Waals surface area contributed by atoms with Gasteiger partial charge >= 0.3 is 0 Å². The molecule has 0 atom stereocenters. The van der Waals surface area contributed by atoms with E-state index in [4.69, 9.17) is 4.74 Å². The second-order valence-corrected chi connectivity index (χ2v) is 8.74. The molecular weight excluding hydrogens is 308 g/mol. The van der Waals surface area contributed by atoms with Crippen LogP contribution in [-0.2, 0) is 21.2 Å². The van der Waals surface area contributed by atoms with Gasteiger partial charge < -0.3 is 10.1 Å². The van der Waals surface area contributed by atoms with Gasteiger partial charge in [-0.05, 0) is 44.5 Å². The molecule has 2 rings (SSSR count). The summed E-state index contributed by atoms with van der Waals surface area (Å²) in [6.07, 6.45) is 2.71. The number of thiophene rings is 1. The van der Waals surface area contributed by atoms with Gasteiger partial charge in [0.25, 0.3) is 0 Å². The average molecular weight is 332 g/mol. The van der Waals surface area contributed by atoms with Gasteiger partial charge in [0.15, 0.2) is 0 Å². The van der Waals surface area contributed by atoms with Crippen molar-refractivity contribution in [3.05, 3.63) is 17.0 Å². The van der Waals surface area contributed by atoms with Crippen LogP contribution in [0.4, 0.5) is 0 Å². The second-order valence-electron chi connectivity index (χ2n) is 5.58. The molecule has 0 saturated carbocycles. The lowest BCUT2D eigenvalue weighted by atomic mass is 9.80. The third-order valence-electron chi connectivity index (χ3n) is 4.00. The quantitative estimate of drug-likeness (QED) is 0.796. The Hall–Kier alpha value is -0.470. The Labute approximate surface area is 131 Å². The number of methoxy groups -OCH3 is 1. The van der Waals surface area contributed by atoms with Crippen molar-refractivity contribution in [1.82, 2.24) is 10.0 Å². The van der Waals surface area contributed by atoms with E-state index in [2.05, 4.69) is 10.0 Å². The topological polar surface area (TPSA) is 67.4 Å². The number of hydrogen-bond donors (Lipinski definition) is 2. The van der Waals surface area contributed by atoms with Crippen molar-refractivity contribution >= 4 is 21.4 Å². The minimum absolute atomic E-state index is 0.0993. The summed E-state index contributed by atoms with van der Waals surface area (Å²) < 4.78 is 33.3. The van der Waals surface area contributed by atoms with Crippen LogP contribution in [0.25, 0.3) is 0 Å². The van der Waals surface area contributed by atoms with E-state index < -0.39 is 10.0 Å². The van der Waals surface area contributed by atoms with Crippen LogP contribution in [0.15, 0.2) is 16.3 Å². The average Bonchev–Trinajstić information content (AvgIpc) is 2.97. The summed E-state index contributed by atoms with van der Waals surface area (Å²) in [7, 11) is -1.74. The normalized spacial score (nSPS) is 18.8. The van der Waals surface area contributed by atoms with Gasteiger partial charge in [-0.2, -0.15) is 0 Å². The van der Waals surface area contributed by atoms with Crippen molar-refractivity contribution in [3.8, 4) is 0 Å². The van der Waals surface area contributed by atoms with Gasteiger partial charge in [-0.1, -0.05) is 6.92 Å². The maximum atomic E-state index is 12.4. The monoisotopic (exact) mass is 332 g/mol. The highest BCUT2D eigenvalue weighted by Crippen LogP contribution is 2.29. The predicted octanol–water partition coefficient (Wildman–Crippen LogP) is 1.60. The van der Waals surface area contributed by atoms with E-state index in [0.29, 0.717) is 17.4 Å². The molecule has 1 aliphatic heterocycles. The summed E-state index contributed by atoms with van der Waals surface area (Å²) >= 11 is 1.34. The Bertz CT molecular complexity index is 543. The van der Waals surface area contributed by atoms with Gasteiger partial charge in [0.1, 0.15) is 4.21 Å². The summed E-state index contributed by atoms with van der Waals surface area (Å²) in [5.74, 6) is 0. The van der Waals surface area contributed by atoms with Crippen LogP contribution in [-0.4, -0.2) is 41.8 Å². The van der Waals surface area contributed by atoms with E-state index in [0.717, 1.165) is 37.2 Å². The molecule has 21 heavy (non-hydrogen) atoms. The van der Waals surface area contributed by atoms with E-state index in [1.54, 1.807) is 13.2 Å². The molecule has 0 spiro atoms. The number of nitrogens with one attached hydrogen (secondary N) is 2. The lowest BCUT2D eigenvalue weighted by Gasteiger charge is -2.37. The fourth-order valence-corrected chi connectivity index (χ4v) is 5.14. The maximum absolute atomic E-state index is 12.4. The van der Waals surface area contributed by atoms with Crippen molar-refractivity contribution < 1.29 is 13.2 Å². The smallest absolute Gasteiger partial charge is 0.250 e. The third kappa shape index (κ3) is 4.26. The van der Waals surface area contributed by atoms with Crippen molar-refractivity contribution in [2.45, 2.75) is 30.4 Å². The first-order valence-electron chi connectivity index (χ1n) is 7.29. The zero-order valence-corrected chi connectivity index (χ0v) is 14.3. The molecule has 1 fully saturated rings. The van der Waals surface area contributed by atoms with Crippen molar-refractivity contribution in [1.29, 1.82) is 0 Å². The highest BCUT2D eigenvalue weighted by Gasteiger charge is 2.33. The van der Waals surface area contributed by atoms with Gasteiger partial charge in [-0.25, -0.2) is 13.1 Å². The molecule has 0 aromatic carbocycles. The number of piperidine rings is 1. The summed E-state index contributed by atoms with van der Waals surface area (Å²) in [4.78, 5) is 1.09. The van der Waals surface area contributed by atoms with Crippen molar-refractivity contribution in [2.24, 2.45) is 5.41 Å². The largest absolute Gasteiger partial charge is 0.384 e. The van der Waals surface area contributed by atoms with Gasteiger partial charge in [-0.3, -0.25) is 0 Å². The molecule has 1 aromatic heterocycles. The summed E-state index contributed by atoms with van der Waals surface area (Å²) in [5.41, 5.74) is -0.0993. The molecule has 7 heteroatoms. The molecule has 0 bridgehead atoms. The number of sulfonamides is 1. The number of ether oxygens (including phenoxy) is 1. The molecule has 1 saturated heterocycles. The van der Waals surface area contributed by atoms with E-state index in [9.17, 15) is 8.42 Å². The van der Waals surface area contributed by atoms with Crippen LogP contribution >= 0.6 is 11.3 Å². The molecule has 2 heterocycles. The van der Waals surface area contributed by atoms with E-state index in [1.807, 2.05) is 13.0 Å². The Morgan fingerprint density at radius 1 is 1.38 bits per heavy atom.